The van der Waals surface area contributed by atoms with E-state index in [1.54, 1.807) is 0 Å². The van der Waals surface area contributed by atoms with Crippen LogP contribution < -0.4 is 48.7 Å². The Morgan fingerprint density at radius 3 is 1.33 bits per heavy atom. The first kappa shape index (κ1) is 64.1. The first-order valence-corrected chi connectivity index (χ1v) is 24.5. The Labute approximate surface area is 431 Å². The van der Waals surface area contributed by atoms with E-state index in [9.17, 15) is 93.0 Å². The number of aliphatic hydroxyl groups excluding tert-OH is 2. The monoisotopic (exact) mass is 1070 g/mol. The van der Waals surface area contributed by atoms with Gasteiger partial charge >= 0.3 is 23.9 Å². The van der Waals surface area contributed by atoms with Crippen LogP contribution in [-0.4, -0.2) is 210 Å². The second-order valence-corrected chi connectivity index (χ2v) is 18.5. The molecule has 2 aliphatic rings. The number of nitrogens with one attached hydrogen (secondary N) is 7. The van der Waals surface area contributed by atoms with E-state index in [1.165, 1.54) is 13.8 Å². The Kier molecular flexibility index (Phi) is 26.5. The van der Waals surface area contributed by atoms with Crippen LogP contribution in [0.25, 0.3) is 0 Å². The van der Waals surface area contributed by atoms with E-state index in [1.807, 2.05) is 0 Å². The van der Waals surface area contributed by atoms with Crippen molar-refractivity contribution in [1.82, 2.24) is 47.0 Å². The lowest BCUT2D eigenvalue weighted by molar-refractivity contribution is -0.145. The summed E-state index contributed by atoms with van der Waals surface area (Å²) in [6.07, 6.45) is -6.11. The predicted molar refractivity (Wildman–Crippen MR) is 257 cm³/mol. The van der Waals surface area contributed by atoms with Crippen molar-refractivity contribution in [2.45, 2.75) is 184 Å². The summed E-state index contributed by atoms with van der Waals surface area (Å²) in [6, 6.07) is -15.0. The molecule has 422 valence electrons. The zero-order valence-electron chi connectivity index (χ0n) is 42.3. The highest BCUT2D eigenvalue weighted by Crippen LogP contribution is 2.22. The molecule has 17 N–H and O–H groups in total. The minimum atomic E-state index is -1.80. The predicted octanol–water partition coefficient (Wildman–Crippen LogP) is -5.70. The summed E-state index contributed by atoms with van der Waals surface area (Å²) >= 11 is 0. The quantitative estimate of drug-likeness (QED) is 0.0279. The molecule has 0 radical (unpaired) electrons. The Bertz CT molecular complexity index is 2090. The molecule has 0 aromatic heterocycles. The molecule has 0 unspecified atom stereocenters. The summed E-state index contributed by atoms with van der Waals surface area (Å²) in [6.45, 7) is 4.86. The van der Waals surface area contributed by atoms with Crippen molar-refractivity contribution in [2.75, 3.05) is 19.6 Å². The van der Waals surface area contributed by atoms with E-state index in [0.717, 1.165) is 23.6 Å². The van der Waals surface area contributed by atoms with Gasteiger partial charge in [-0.25, -0.2) is 0 Å². The minimum Gasteiger partial charge on any atom is -0.481 e. The third-order valence-electron chi connectivity index (χ3n) is 12.3. The Balaban J connectivity index is 2.43. The topological polar surface area (TPSA) is 486 Å². The van der Waals surface area contributed by atoms with Gasteiger partial charge in [-0.15, -0.1) is 0 Å². The second kappa shape index (κ2) is 31.0. The van der Waals surface area contributed by atoms with Crippen LogP contribution in [0.1, 0.15) is 111 Å². The van der Waals surface area contributed by atoms with Crippen LogP contribution in [-0.2, 0) is 62.3 Å². The van der Waals surface area contributed by atoms with Gasteiger partial charge in [-0.3, -0.25) is 62.3 Å². The third-order valence-corrected chi connectivity index (χ3v) is 12.3. The largest absolute Gasteiger partial charge is 0.481 e. The molecule has 0 saturated carbocycles. The van der Waals surface area contributed by atoms with Gasteiger partial charge in [0.05, 0.1) is 18.2 Å². The number of rotatable bonds is 32. The lowest BCUT2D eigenvalue weighted by atomic mass is 10.0. The van der Waals surface area contributed by atoms with Crippen LogP contribution in [0.4, 0.5) is 0 Å². The molecule has 2 heterocycles. The molecular weight excluding hydrogens is 999 g/mol. The third kappa shape index (κ3) is 20.6. The van der Waals surface area contributed by atoms with E-state index in [4.69, 9.17) is 11.5 Å². The molecule has 0 aromatic rings. The highest BCUT2D eigenvalue weighted by molar-refractivity contribution is 5.99. The molecule has 2 rings (SSSR count). The minimum absolute atomic E-state index is 0.00461. The number of likely N-dealkylation sites (tertiary alicyclic amines) is 2. The number of unbranched alkanes of at least 4 members (excludes halogenated alkanes) is 1. The summed E-state index contributed by atoms with van der Waals surface area (Å²) < 4.78 is 0. The average Bonchev–Trinajstić information content (AvgIpc) is 4.04. The molecule has 0 aliphatic carbocycles. The van der Waals surface area contributed by atoms with Crippen molar-refractivity contribution in [3.63, 3.8) is 0 Å². The van der Waals surface area contributed by atoms with Crippen LogP contribution in [0.5, 0.6) is 0 Å². The molecule has 12 atom stereocenters. The highest BCUT2D eigenvalue weighted by atomic mass is 16.4. The van der Waals surface area contributed by atoms with Gasteiger partial charge in [0.25, 0.3) is 0 Å². The molecule has 0 spiro atoms. The smallest absolute Gasteiger partial charge is 0.325 e. The van der Waals surface area contributed by atoms with Crippen molar-refractivity contribution in [3.05, 3.63) is 0 Å². The summed E-state index contributed by atoms with van der Waals surface area (Å²) in [5, 5.41) is 74.8. The Morgan fingerprint density at radius 1 is 0.493 bits per heavy atom. The SMILES string of the molecule is C[C@H](N)C(=O)N[C@H](C(=O)N1CCC[C@@H]1C(=O)N[C@@H](CCC(=O)O)C(=O)N[C@@H](CCCCN)C(=O)N[C@@H](CCC(=O)O)C(=O)N[C@@H](CCC(=O)O)C(=O)N1CCC[C@H]1C(=O)N[C@H](C(=O)N[C@@H](C)C(=O)O)[C@@H](C)O)[C@@H](C)O. The van der Waals surface area contributed by atoms with Crippen molar-refractivity contribution in [3.8, 4) is 0 Å². The fourth-order valence-corrected chi connectivity index (χ4v) is 8.12. The summed E-state index contributed by atoms with van der Waals surface area (Å²) in [4.78, 5) is 171. The van der Waals surface area contributed by atoms with Gasteiger partial charge in [0, 0.05) is 32.4 Å². The number of aliphatic carboxylic acids is 4. The van der Waals surface area contributed by atoms with Gasteiger partial charge in [-0.05, 0) is 98.4 Å². The first-order chi connectivity index (χ1) is 35.1. The maximum atomic E-state index is 14.1. The molecule has 2 saturated heterocycles. The number of carboxylic acid groups (broad SMARTS) is 4. The van der Waals surface area contributed by atoms with E-state index in [0.29, 0.717) is 6.42 Å². The number of nitrogens with zero attached hydrogens (tertiary/aromatic N) is 2. The van der Waals surface area contributed by atoms with Gasteiger partial charge < -0.3 is 89.1 Å². The number of hydrogen-bond donors (Lipinski definition) is 15. The van der Waals surface area contributed by atoms with Crippen molar-refractivity contribution >= 4 is 77.0 Å². The van der Waals surface area contributed by atoms with Gasteiger partial charge in [0.15, 0.2) is 0 Å². The number of carboxylic acids is 4. The summed E-state index contributed by atoms with van der Waals surface area (Å²) in [5.41, 5.74) is 11.3. The molecule has 30 nitrogen and oxygen atoms in total. The standard InChI is InChI=1S/C45H73N11O19/c1-21(47)36(65)54-35(24(4)58)44(73)56-20-8-10-29(56)40(69)51-27(13-16-32(61)62)38(67)49-25(9-5-6-18-46)37(66)50-26(12-15-31(59)60)39(68)52-28(14-17-33(63)64)43(72)55-19-7-11-30(55)41(70)53-34(23(3)57)42(71)48-22(2)45(74)75/h21-30,34-35,57-58H,5-20,46-47H2,1-4H3,(H,48,71)(H,49,67)(H,50,66)(H,51,69)(H,52,68)(H,53,70)(H,54,65)(H,59,60)(H,61,62)(H,63,64)(H,74,75)/t21-,22-,23+,24+,25-,26-,27-,28-,29+,30-,34-,35-/m0/s1. The zero-order chi connectivity index (χ0) is 56.9. The zero-order valence-corrected chi connectivity index (χ0v) is 42.3. The molecule has 2 aliphatic heterocycles. The van der Waals surface area contributed by atoms with Gasteiger partial charge in [-0.1, -0.05) is 0 Å². The molecule has 2 fully saturated rings. The number of nitrogens with two attached hydrogens (primary N) is 2. The Morgan fingerprint density at radius 2 is 0.907 bits per heavy atom. The fraction of sp³-hybridized carbons (Fsp3) is 0.711. The Hall–Kier alpha value is -7.05. The van der Waals surface area contributed by atoms with Crippen LogP contribution in [0.15, 0.2) is 0 Å². The number of aliphatic hydroxyl groups is 2. The van der Waals surface area contributed by atoms with Crippen LogP contribution >= 0.6 is 0 Å². The van der Waals surface area contributed by atoms with Crippen LogP contribution in [0.2, 0.25) is 0 Å². The highest BCUT2D eigenvalue weighted by Gasteiger charge is 2.43. The molecule has 9 amide bonds. The van der Waals surface area contributed by atoms with E-state index in [2.05, 4.69) is 37.2 Å². The van der Waals surface area contributed by atoms with Crippen molar-refractivity contribution in [2.24, 2.45) is 11.5 Å². The fourth-order valence-electron chi connectivity index (χ4n) is 8.12. The molecule has 0 aromatic carbocycles. The van der Waals surface area contributed by atoms with Gasteiger partial charge in [-0.2, -0.15) is 0 Å². The normalized spacial score (nSPS) is 19.2. The van der Waals surface area contributed by atoms with Crippen LogP contribution in [0, 0.1) is 0 Å². The maximum Gasteiger partial charge on any atom is 0.325 e. The van der Waals surface area contributed by atoms with E-state index in [-0.39, 0.29) is 58.2 Å². The first-order valence-electron chi connectivity index (χ1n) is 24.5. The number of carbonyl (C=O) groups excluding carboxylic acids is 9. The van der Waals surface area contributed by atoms with E-state index >= 15 is 0 Å². The summed E-state index contributed by atoms with van der Waals surface area (Å²) in [5.74, 6) is -14.6. The lowest BCUT2D eigenvalue weighted by Crippen LogP contribution is -2.61. The average molecular weight is 1070 g/mol. The van der Waals surface area contributed by atoms with Crippen molar-refractivity contribution < 1.29 is 93.0 Å². The van der Waals surface area contributed by atoms with E-state index < -0.39 is 188 Å². The van der Waals surface area contributed by atoms with Crippen molar-refractivity contribution in [1.29, 1.82) is 0 Å². The molecular formula is C45H73N11O19. The second-order valence-electron chi connectivity index (χ2n) is 18.5. The molecule has 75 heavy (non-hydrogen) atoms. The maximum absolute atomic E-state index is 14.1. The number of hydrogen-bond acceptors (Lipinski definition) is 17. The lowest BCUT2D eigenvalue weighted by Gasteiger charge is -2.31. The van der Waals surface area contributed by atoms with Gasteiger partial charge in [0.2, 0.25) is 53.2 Å². The number of carbonyl (C=O) groups is 13. The summed E-state index contributed by atoms with van der Waals surface area (Å²) in [7, 11) is 0. The molecule has 30 heteroatoms. The number of amides is 9. The van der Waals surface area contributed by atoms with Gasteiger partial charge in [0.1, 0.15) is 54.4 Å². The van der Waals surface area contributed by atoms with Crippen LogP contribution in [0.3, 0.4) is 0 Å². The molecule has 0 bridgehead atoms.